The highest BCUT2D eigenvalue weighted by Crippen LogP contribution is 2.31. The Kier molecular flexibility index (Phi) is 13.8. The summed E-state index contributed by atoms with van der Waals surface area (Å²) in [6, 6.07) is 16.5. The molecule has 2 N–H and O–H groups in total. The number of hydrogen-bond donors (Lipinski definition) is 2. The van der Waals surface area contributed by atoms with Crippen LogP contribution in [0.1, 0.15) is 64.0 Å². The van der Waals surface area contributed by atoms with Gasteiger partial charge in [-0.3, -0.25) is 0 Å². The first-order valence-electron chi connectivity index (χ1n) is 14.0. The number of esters is 2. The van der Waals surface area contributed by atoms with E-state index in [4.69, 9.17) is 14.2 Å². The Labute approximate surface area is 247 Å². The average molecular weight is 575 g/mol. The third-order valence-electron chi connectivity index (χ3n) is 6.82. The first kappa shape index (κ1) is 33.6. The molecule has 0 spiro atoms. The van der Waals surface area contributed by atoms with Gasteiger partial charge in [-0.2, -0.15) is 10.5 Å². The van der Waals surface area contributed by atoms with Gasteiger partial charge in [0, 0.05) is 5.41 Å². The van der Waals surface area contributed by atoms with Gasteiger partial charge in [-0.05, 0) is 66.8 Å². The van der Waals surface area contributed by atoms with Crippen LogP contribution in [0.25, 0.3) is 12.2 Å². The molecule has 0 aliphatic heterocycles. The molecular formula is C33H38N2O7. The number of phenols is 1. The molecule has 0 aromatic heterocycles. The molecule has 2 rings (SSSR count). The minimum absolute atomic E-state index is 0.0627. The van der Waals surface area contributed by atoms with Crippen molar-refractivity contribution in [3.8, 4) is 23.6 Å². The van der Waals surface area contributed by atoms with E-state index in [0.717, 1.165) is 12.8 Å². The summed E-state index contributed by atoms with van der Waals surface area (Å²) in [6.45, 7) is 5.79. The van der Waals surface area contributed by atoms with Crippen LogP contribution in [0.2, 0.25) is 0 Å². The summed E-state index contributed by atoms with van der Waals surface area (Å²) in [5, 5.41) is 38.2. The van der Waals surface area contributed by atoms with Crippen LogP contribution in [0, 0.1) is 28.1 Å². The quantitative estimate of drug-likeness (QED) is 0.146. The minimum atomic E-state index is -0.805. The summed E-state index contributed by atoms with van der Waals surface area (Å²) in [6.07, 6.45) is 5.60. The van der Waals surface area contributed by atoms with Crippen LogP contribution in [0.15, 0.2) is 59.7 Å². The van der Waals surface area contributed by atoms with Crippen LogP contribution >= 0.6 is 0 Å². The maximum atomic E-state index is 12.9. The molecular weight excluding hydrogens is 536 g/mol. The van der Waals surface area contributed by atoms with Crippen LogP contribution in [0.3, 0.4) is 0 Å². The number of hydrogen-bond acceptors (Lipinski definition) is 9. The Morgan fingerprint density at radius 2 is 1.38 bits per heavy atom. The van der Waals surface area contributed by atoms with Crippen LogP contribution < -0.4 is 4.74 Å². The van der Waals surface area contributed by atoms with Gasteiger partial charge in [-0.25, -0.2) is 9.59 Å². The normalized spacial score (nSPS) is 13.7. The summed E-state index contributed by atoms with van der Waals surface area (Å²) >= 11 is 0. The van der Waals surface area contributed by atoms with Crippen molar-refractivity contribution in [2.45, 2.75) is 59.0 Å². The molecule has 9 nitrogen and oxygen atoms in total. The van der Waals surface area contributed by atoms with E-state index in [-0.39, 0.29) is 36.7 Å². The van der Waals surface area contributed by atoms with Crippen molar-refractivity contribution in [3.05, 3.63) is 70.8 Å². The van der Waals surface area contributed by atoms with E-state index >= 15 is 0 Å². The van der Waals surface area contributed by atoms with Crippen molar-refractivity contribution in [2.75, 3.05) is 19.8 Å². The van der Waals surface area contributed by atoms with Crippen molar-refractivity contribution in [1.82, 2.24) is 0 Å². The van der Waals surface area contributed by atoms with Gasteiger partial charge in [0.2, 0.25) is 0 Å². The van der Waals surface area contributed by atoms with Gasteiger partial charge < -0.3 is 24.4 Å². The second kappa shape index (κ2) is 17.3. The van der Waals surface area contributed by atoms with Gasteiger partial charge in [0.1, 0.15) is 54.6 Å². The van der Waals surface area contributed by atoms with E-state index in [2.05, 4.69) is 0 Å². The predicted octanol–water partition coefficient (Wildman–Crippen LogP) is 5.73. The molecule has 0 bridgehead atoms. The first-order chi connectivity index (χ1) is 20.2. The largest absolute Gasteiger partial charge is 0.508 e. The molecule has 0 radical (unpaired) electrons. The lowest BCUT2D eigenvalue weighted by atomic mass is 9.81. The average Bonchev–Trinajstić information content (AvgIpc) is 3.02. The smallest absolute Gasteiger partial charge is 0.348 e. The fourth-order valence-corrected chi connectivity index (χ4v) is 3.86. The van der Waals surface area contributed by atoms with Crippen LogP contribution in [0.5, 0.6) is 11.5 Å². The Bertz CT molecular complexity index is 1320. The number of aliphatic hydroxyl groups is 1. The lowest BCUT2D eigenvalue weighted by Gasteiger charge is -2.31. The molecule has 42 heavy (non-hydrogen) atoms. The maximum absolute atomic E-state index is 12.9. The molecule has 222 valence electrons. The maximum Gasteiger partial charge on any atom is 0.348 e. The lowest BCUT2D eigenvalue weighted by Crippen LogP contribution is -2.34. The first-order valence-corrected chi connectivity index (χ1v) is 14.0. The van der Waals surface area contributed by atoms with Gasteiger partial charge in [0.25, 0.3) is 0 Å². The lowest BCUT2D eigenvalue weighted by molar-refractivity contribution is -0.149. The van der Waals surface area contributed by atoms with E-state index in [9.17, 15) is 30.3 Å². The SMILES string of the molecule is CCCCC(CC)(COC(=O)/C(C#N)=C/c1ccc(O)cc1)COC(=O)/C(C#N)=C/c1ccc(OCC(O)CC)cc1. The Balaban J connectivity index is 2.10. The summed E-state index contributed by atoms with van der Waals surface area (Å²) < 4.78 is 16.6. The van der Waals surface area contributed by atoms with Crippen LogP contribution in [-0.4, -0.2) is 48.1 Å². The van der Waals surface area contributed by atoms with E-state index in [1.165, 1.54) is 24.3 Å². The van der Waals surface area contributed by atoms with Crippen molar-refractivity contribution in [2.24, 2.45) is 5.41 Å². The number of benzene rings is 2. The summed E-state index contributed by atoms with van der Waals surface area (Å²) in [7, 11) is 0. The highest BCUT2D eigenvalue weighted by Gasteiger charge is 2.32. The molecule has 0 fully saturated rings. The monoisotopic (exact) mass is 574 g/mol. The van der Waals surface area contributed by atoms with Crippen LogP contribution in [0.4, 0.5) is 0 Å². The van der Waals surface area contributed by atoms with Gasteiger partial charge in [0.15, 0.2) is 0 Å². The number of phenolic OH excluding ortho intramolecular Hbond substituents is 1. The number of aromatic hydroxyl groups is 1. The summed E-state index contributed by atoms with van der Waals surface area (Å²) in [5.74, 6) is -0.987. The molecule has 2 atom stereocenters. The summed E-state index contributed by atoms with van der Waals surface area (Å²) in [5.41, 5.74) is 0.0505. The topological polar surface area (TPSA) is 150 Å². The number of carbonyl (C=O) groups excluding carboxylic acids is 2. The number of carbonyl (C=O) groups is 2. The molecule has 2 unspecified atom stereocenters. The van der Waals surface area contributed by atoms with Gasteiger partial charge in [0.05, 0.1) is 6.10 Å². The van der Waals surface area contributed by atoms with Crippen LogP contribution in [-0.2, 0) is 19.1 Å². The predicted molar refractivity (Wildman–Crippen MR) is 158 cm³/mol. The third-order valence-corrected chi connectivity index (χ3v) is 6.82. The molecule has 2 aromatic rings. The van der Waals surface area contributed by atoms with Crippen molar-refractivity contribution >= 4 is 24.1 Å². The number of aliphatic hydroxyl groups excluding tert-OH is 1. The molecule has 2 aromatic carbocycles. The second-order valence-electron chi connectivity index (χ2n) is 9.98. The Hall–Kier alpha value is -4.60. The van der Waals surface area contributed by atoms with Gasteiger partial charge in [-0.1, -0.05) is 57.9 Å². The number of unbranched alkanes of at least 4 members (excludes halogenated alkanes) is 1. The highest BCUT2D eigenvalue weighted by atomic mass is 16.5. The zero-order valence-corrected chi connectivity index (χ0v) is 24.3. The molecule has 0 saturated carbocycles. The van der Waals surface area contributed by atoms with Gasteiger partial charge in [-0.15, -0.1) is 0 Å². The second-order valence-corrected chi connectivity index (χ2v) is 9.98. The molecule has 0 aliphatic carbocycles. The van der Waals surface area contributed by atoms with E-state index in [1.807, 2.05) is 32.9 Å². The highest BCUT2D eigenvalue weighted by molar-refractivity contribution is 5.98. The standard InChI is InChI=1S/C33H38N2O7/c1-4-7-16-33(6-3,22-41-31(38)26(19-34)17-24-8-12-29(37)13-9-24)23-42-32(39)27(20-35)18-25-10-14-30(15-11-25)40-21-28(36)5-2/h8-15,17-18,28,36-37H,4-7,16,21-23H2,1-3H3/b26-17+,27-18+. The van der Waals surface area contributed by atoms with E-state index in [0.29, 0.717) is 36.1 Å². The van der Waals surface area contributed by atoms with Crippen molar-refractivity contribution < 1.29 is 34.0 Å². The zero-order chi connectivity index (χ0) is 31.0. The fourth-order valence-electron chi connectivity index (χ4n) is 3.86. The molecule has 0 heterocycles. The number of rotatable bonds is 16. The molecule has 9 heteroatoms. The van der Waals surface area contributed by atoms with E-state index < -0.39 is 23.5 Å². The molecule has 0 saturated heterocycles. The molecule has 0 aliphatic rings. The fraction of sp³-hybridized carbons (Fsp3) is 0.394. The minimum Gasteiger partial charge on any atom is -0.508 e. The van der Waals surface area contributed by atoms with Crippen molar-refractivity contribution in [1.29, 1.82) is 10.5 Å². The Morgan fingerprint density at radius 3 is 1.81 bits per heavy atom. The zero-order valence-electron chi connectivity index (χ0n) is 24.3. The number of ether oxygens (including phenoxy) is 3. The summed E-state index contributed by atoms with van der Waals surface area (Å²) in [4.78, 5) is 25.6. The Morgan fingerprint density at radius 1 is 0.881 bits per heavy atom. The number of nitriles is 2. The van der Waals surface area contributed by atoms with Gasteiger partial charge >= 0.3 is 11.9 Å². The number of nitrogens with zero attached hydrogens (tertiary/aromatic N) is 2. The third kappa shape index (κ3) is 10.8. The van der Waals surface area contributed by atoms with Crippen molar-refractivity contribution in [3.63, 3.8) is 0 Å². The molecule has 0 amide bonds. The van der Waals surface area contributed by atoms with E-state index in [1.54, 1.807) is 36.4 Å².